The lowest BCUT2D eigenvalue weighted by molar-refractivity contribution is 0.662. The number of fused-ring (bicyclic) bond motifs is 8. The van der Waals surface area contributed by atoms with Gasteiger partial charge in [-0.25, -0.2) is 15.0 Å². The first-order valence-electron chi connectivity index (χ1n) is 24.8. The Hall–Kier alpha value is -9.25. The van der Waals surface area contributed by atoms with Gasteiger partial charge in [0.15, 0.2) is 17.5 Å². The standard InChI is InChI=1S/C68H44N4/c1-68(2)58-36-35-56-54-25-9-11-28-60(54)72-59-27-10-8-24-53(59)55-34-33-52(63(68)61(55)62(58)64(56)72)48-31-32-51-47(40-48)21-14-26-57(51)67-70-65(49-22-12-19-44(38-49)41-15-4-3-5-16-41)69-66(71-67)50-23-13-20-45(39-50)46-30-29-42-17-6-7-18-43(42)37-46/h3-40H,1-2H3. The van der Waals surface area contributed by atoms with Gasteiger partial charge in [0.2, 0.25) is 0 Å². The Morgan fingerprint density at radius 1 is 0.333 bits per heavy atom. The molecule has 0 bridgehead atoms. The lowest BCUT2D eigenvalue weighted by Gasteiger charge is -2.26. The van der Waals surface area contributed by atoms with Crippen molar-refractivity contribution in [1.82, 2.24) is 19.5 Å². The van der Waals surface area contributed by atoms with Crippen molar-refractivity contribution in [1.29, 1.82) is 0 Å². The molecule has 0 saturated carbocycles. The maximum Gasteiger partial charge on any atom is 0.164 e. The molecule has 4 heteroatoms. The van der Waals surface area contributed by atoms with E-state index in [1.807, 2.05) is 0 Å². The molecule has 0 saturated heterocycles. The Bertz CT molecular complexity index is 4420. The largest absolute Gasteiger partial charge is 0.308 e. The van der Waals surface area contributed by atoms with E-state index in [0.717, 1.165) is 49.7 Å². The summed E-state index contributed by atoms with van der Waals surface area (Å²) in [6.07, 6.45) is 0. The van der Waals surface area contributed by atoms with Gasteiger partial charge in [-0.3, -0.25) is 0 Å². The molecule has 0 fully saturated rings. The Labute approximate surface area is 417 Å². The molecule has 1 aliphatic carbocycles. The molecule has 72 heavy (non-hydrogen) atoms. The Balaban J connectivity index is 0.899. The lowest BCUT2D eigenvalue weighted by atomic mass is 9.77. The van der Waals surface area contributed by atoms with Gasteiger partial charge in [0, 0.05) is 44.0 Å². The second-order valence-corrected chi connectivity index (χ2v) is 19.9. The minimum atomic E-state index is -0.254. The zero-order chi connectivity index (χ0) is 47.7. The first-order chi connectivity index (χ1) is 35.4. The van der Waals surface area contributed by atoms with E-state index < -0.39 is 0 Å². The van der Waals surface area contributed by atoms with Crippen LogP contribution in [0.3, 0.4) is 0 Å². The zero-order valence-corrected chi connectivity index (χ0v) is 39.7. The average Bonchev–Trinajstić information content (AvgIpc) is 3.86. The minimum absolute atomic E-state index is 0.254. The topological polar surface area (TPSA) is 43.6 Å². The summed E-state index contributed by atoms with van der Waals surface area (Å²) in [5.74, 6) is 1.89. The highest BCUT2D eigenvalue weighted by Crippen LogP contribution is 2.60. The van der Waals surface area contributed by atoms with Gasteiger partial charge in [0.1, 0.15) is 0 Å². The van der Waals surface area contributed by atoms with Crippen LogP contribution in [-0.4, -0.2) is 19.5 Å². The van der Waals surface area contributed by atoms with Crippen molar-refractivity contribution in [2.24, 2.45) is 0 Å². The molecule has 15 rings (SSSR count). The zero-order valence-electron chi connectivity index (χ0n) is 39.7. The normalized spacial score (nSPS) is 13.0. The Kier molecular flexibility index (Phi) is 8.67. The second kappa shape index (κ2) is 15.4. The molecule has 3 heterocycles. The fourth-order valence-corrected chi connectivity index (χ4v) is 12.2. The van der Waals surface area contributed by atoms with Gasteiger partial charge < -0.3 is 4.57 Å². The van der Waals surface area contributed by atoms with Gasteiger partial charge in [0.25, 0.3) is 0 Å². The predicted molar refractivity (Wildman–Crippen MR) is 298 cm³/mol. The van der Waals surface area contributed by atoms with Gasteiger partial charge >= 0.3 is 0 Å². The van der Waals surface area contributed by atoms with Crippen LogP contribution in [0.15, 0.2) is 231 Å². The molecule has 2 aliphatic rings. The summed E-state index contributed by atoms with van der Waals surface area (Å²) in [6.45, 7) is 4.83. The van der Waals surface area contributed by atoms with E-state index in [4.69, 9.17) is 15.0 Å². The van der Waals surface area contributed by atoms with E-state index in [9.17, 15) is 0 Å². The summed E-state index contributed by atoms with van der Waals surface area (Å²) in [7, 11) is 0. The van der Waals surface area contributed by atoms with E-state index in [1.54, 1.807) is 0 Å². The highest BCUT2D eigenvalue weighted by atomic mass is 15.0. The number of para-hydroxylation sites is 2. The number of hydrogen-bond acceptors (Lipinski definition) is 3. The van der Waals surface area contributed by atoms with E-state index in [0.29, 0.717) is 17.5 Å². The molecule has 11 aromatic carbocycles. The van der Waals surface area contributed by atoms with Gasteiger partial charge in [-0.15, -0.1) is 0 Å². The maximum atomic E-state index is 5.34. The first kappa shape index (κ1) is 40.6. The van der Waals surface area contributed by atoms with Crippen LogP contribution < -0.4 is 0 Å². The molecule has 13 aromatic rings. The quantitative estimate of drug-likeness (QED) is 0.167. The third kappa shape index (κ3) is 6.02. The second-order valence-electron chi connectivity index (χ2n) is 19.9. The van der Waals surface area contributed by atoms with E-state index in [2.05, 4.69) is 249 Å². The summed E-state index contributed by atoms with van der Waals surface area (Å²) >= 11 is 0. The molecular weight excluding hydrogens is 873 g/mol. The van der Waals surface area contributed by atoms with Crippen molar-refractivity contribution in [3.05, 3.63) is 242 Å². The van der Waals surface area contributed by atoms with Gasteiger partial charge in [-0.2, -0.15) is 0 Å². The molecule has 0 spiro atoms. The van der Waals surface area contributed by atoms with Crippen LogP contribution in [0.2, 0.25) is 0 Å². The monoisotopic (exact) mass is 916 g/mol. The molecular formula is C68H44N4. The number of rotatable bonds is 6. The predicted octanol–water partition coefficient (Wildman–Crippen LogP) is 17.6. The third-order valence-corrected chi connectivity index (χ3v) is 15.5. The van der Waals surface area contributed by atoms with Crippen LogP contribution in [0.25, 0.3) is 139 Å². The minimum Gasteiger partial charge on any atom is -0.308 e. The number of hydrogen-bond donors (Lipinski definition) is 0. The number of nitrogens with zero attached hydrogens (tertiary/aromatic N) is 4. The summed E-state index contributed by atoms with van der Waals surface area (Å²) in [6, 6.07) is 83.6. The van der Waals surface area contributed by atoms with Gasteiger partial charge in [-0.05, 0) is 114 Å². The molecule has 0 unspecified atom stereocenters. The van der Waals surface area contributed by atoms with Crippen LogP contribution in [0.4, 0.5) is 0 Å². The van der Waals surface area contributed by atoms with Crippen molar-refractivity contribution in [2.45, 2.75) is 19.3 Å². The molecule has 2 aromatic heterocycles. The van der Waals surface area contributed by atoms with Crippen molar-refractivity contribution in [3.8, 4) is 95.5 Å². The van der Waals surface area contributed by atoms with Gasteiger partial charge in [-0.1, -0.05) is 208 Å². The van der Waals surface area contributed by atoms with E-state index in [-0.39, 0.29) is 5.41 Å². The Morgan fingerprint density at radius 3 is 1.75 bits per heavy atom. The summed E-state index contributed by atoms with van der Waals surface area (Å²) in [5, 5.41) is 7.22. The molecule has 0 atom stereocenters. The van der Waals surface area contributed by atoms with Crippen LogP contribution in [0.5, 0.6) is 0 Å². The third-order valence-electron chi connectivity index (χ3n) is 15.5. The molecule has 336 valence electrons. The van der Waals surface area contributed by atoms with Crippen LogP contribution in [0, 0.1) is 0 Å². The Morgan fingerprint density at radius 2 is 0.917 bits per heavy atom. The summed E-state index contributed by atoms with van der Waals surface area (Å²) in [5.41, 5.74) is 21.3. The van der Waals surface area contributed by atoms with Crippen molar-refractivity contribution < 1.29 is 0 Å². The summed E-state index contributed by atoms with van der Waals surface area (Å²) in [4.78, 5) is 15.9. The van der Waals surface area contributed by atoms with Crippen molar-refractivity contribution in [3.63, 3.8) is 0 Å². The number of benzene rings is 11. The molecule has 0 radical (unpaired) electrons. The smallest absolute Gasteiger partial charge is 0.164 e. The van der Waals surface area contributed by atoms with Crippen molar-refractivity contribution in [2.75, 3.05) is 0 Å². The molecule has 0 N–H and O–H groups in total. The summed E-state index contributed by atoms with van der Waals surface area (Å²) < 4.78 is 2.53. The highest BCUT2D eigenvalue weighted by molar-refractivity contribution is 6.19. The lowest BCUT2D eigenvalue weighted by Crippen LogP contribution is -2.16. The van der Waals surface area contributed by atoms with E-state index >= 15 is 0 Å². The van der Waals surface area contributed by atoms with Crippen LogP contribution in [0.1, 0.15) is 25.0 Å². The fraction of sp³-hybridized carbons (Fsp3) is 0.0441. The van der Waals surface area contributed by atoms with Crippen LogP contribution in [-0.2, 0) is 5.41 Å². The first-order valence-corrected chi connectivity index (χ1v) is 24.8. The highest BCUT2D eigenvalue weighted by Gasteiger charge is 2.42. The number of aromatic nitrogens is 4. The maximum absolute atomic E-state index is 5.34. The van der Waals surface area contributed by atoms with E-state index in [1.165, 1.54) is 82.8 Å². The molecule has 4 nitrogen and oxygen atoms in total. The SMILES string of the molecule is CC1(C)c2ccc3c4ccccc4n4c3c2-c2c(ccc(-c3ccc5c(-c6nc(-c7cccc(-c8ccccc8)c7)nc(-c7cccc(-c8ccc9ccccc9c8)c7)n6)cccc5c3)c21)-c1ccccc1-4. The molecule has 0 amide bonds. The average molecular weight is 917 g/mol. The van der Waals surface area contributed by atoms with Crippen LogP contribution >= 0.6 is 0 Å². The van der Waals surface area contributed by atoms with Gasteiger partial charge in [0.05, 0.1) is 16.7 Å². The van der Waals surface area contributed by atoms with Crippen molar-refractivity contribution >= 4 is 43.4 Å². The fourth-order valence-electron chi connectivity index (χ4n) is 12.2. The molecule has 1 aliphatic heterocycles.